The summed E-state index contributed by atoms with van der Waals surface area (Å²) in [5, 5.41) is 0.370. The van der Waals surface area contributed by atoms with E-state index in [1.54, 1.807) is 47.6 Å². The quantitative estimate of drug-likeness (QED) is 0.654. The van der Waals surface area contributed by atoms with E-state index in [9.17, 15) is 13.2 Å². The van der Waals surface area contributed by atoms with E-state index in [1.807, 2.05) is 0 Å². The molecule has 1 amide bonds. The summed E-state index contributed by atoms with van der Waals surface area (Å²) in [5.41, 5.74) is 1.88. The molecule has 1 aromatic heterocycles. The van der Waals surface area contributed by atoms with Gasteiger partial charge in [-0.1, -0.05) is 17.7 Å². The van der Waals surface area contributed by atoms with Crippen molar-refractivity contribution in [3.8, 4) is 0 Å². The van der Waals surface area contributed by atoms with Crippen LogP contribution in [0.5, 0.6) is 0 Å². The third kappa shape index (κ3) is 3.58. The molecule has 3 aromatic rings. The molecule has 1 aliphatic rings. The second-order valence-electron chi connectivity index (χ2n) is 6.41. The first kappa shape index (κ1) is 18.8. The van der Waals surface area contributed by atoms with Crippen molar-refractivity contribution in [2.24, 2.45) is 0 Å². The van der Waals surface area contributed by atoms with E-state index < -0.39 is 10.0 Å². The predicted octanol–water partition coefficient (Wildman–Crippen LogP) is 2.43. The zero-order valence-electron chi connectivity index (χ0n) is 14.8. The molecule has 1 aliphatic heterocycles. The van der Waals surface area contributed by atoms with Gasteiger partial charge in [0.25, 0.3) is 5.91 Å². The molecule has 4 rings (SSSR count). The number of piperazine rings is 1. The summed E-state index contributed by atoms with van der Waals surface area (Å²) < 4.78 is 26.9. The topological polar surface area (TPSA) is 83.5 Å². The molecule has 0 bridgehead atoms. The lowest BCUT2D eigenvalue weighted by atomic mass is 10.1. The standard InChI is InChI=1S/C19H17ClN4O3S/c20-15-2-1-3-16(13-15)28(26,27)24-10-8-23(9-11-24)19(25)14-4-5-17-18(12-14)22-7-6-21-17/h1-7,12-13H,8-11H2. The minimum atomic E-state index is -3.63. The Labute approximate surface area is 167 Å². The van der Waals surface area contributed by atoms with Gasteiger partial charge in [0.05, 0.1) is 15.9 Å². The van der Waals surface area contributed by atoms with Gasteiger partial charge in [0, 0.05) is 49.2 Å². The maximum Gasteiger partial charge on any atom is 0.254 e. The number of hydrogen-bond acceptors (Lipinski definition) is 5. The fourth-order valence-corrected chi connectivity index (χ4v) is 4.91. The Hall–Kier alpha value is -2.55. The van der Waals surface area contributed by atoms with E-state index in [2.05, 4.69) is 9.97 Å². The Morgan fingerprint density at radius 2 is 1.64 bits per heavy atom. The Bertz CT molecular complexity index is 1140. The number of amides is 1. The number of fused-ring (bicyclic) bond motifs is 1. The lowest BCUT2D eigenvalue weighted by Gasteiger charge is -2.34. The van der Waals surface area contributed by atoms with Gasteiger partial charge in [-0.2, -0.15) is 4.31 Å². The number of halogens is 1. The highest BCUT2D eigenvalue weighted by atomic mass is 35.5. The monoisotopic (exact) mass is 416 g/mol. The van der Waals surface area contributed by atoms with E-state index in [1.165, 1.54) is 16.4 Å². The van der Waals surface area contributed by atoms with Crippen LogP contribution < -0.4 is 0 Å². The fourth-order valence-electron chi connectivity index (χ4n) is 3.19. The third-order valence-electron chi connectivity index (χ3n) is 4.68. The van der Waals surface area contributed by atoms with Crippen LogP contribution in [0.1, 0.15) is 10.4 Å². The lowest BCUT2D eigenvalue weighted by Crippen LogP contribution is -2.50. The van der Waals surface area contributed by atoms with Gasteiger partial charge in [-0.25, -0.2) is 8.42 Å². The van der Waals surface area contributed by atoms with Crippen LogP contribution in [-0.2, 0) is 10.0 Å². The summed E-state index contributed by atoms with van der Waals surface area (Å²) in [6, 6.07) is 11.4. The second kappa shape index (κ2) is 7.46. The highest BCUT2D eigenvalue weighted by molar-refractivity contribution is 7.89. The van der Waals surface area contributed by atoms with Crippen LogP contribution in [0.2, 0.25) is 5.02 Å². The van der Waals surface area contributed by atoms with Crippen LogP contribution in [-0.4, -0.2) is 59.7 Å². The SMILES string of the molecule is O=C(c1ccc2nccnc2c1)N1CCN(S(=O)(=O)c2cccc(Cl)c2)CC1. The fraction of sp³-hybridized carbons (Fsp3) is 0.211. The summed E-state index contributed by atoms with van der Waals surface area (Å²) in [6.07, 6.45) is 3.18. The molecule has 7 nitrogen and oxygen atoms in total. The maximum atomic E-state index is 12.8. The molecular weight excluding hydrogens is 400 g/mol. The molecule has 0 saturated carbocycles. The Morgan fingerprint density at radius 3 is 2.36 bits per heavy atom. The number of sulfonamides is 1. The van der Waals surface area contributed by atoms with Crippen molar-refractivity contribution in [1.82, 2.24) is 19.2 Å². The van der Waals surface area contributed by atoms with E-state index in [0.717, 1.165) is 5.52 Å². The Morgan fingerprint density at radius 1 is 0.929 bits per heavy atom. The molecule has 1 saturated heterocycles. The molecule has 0 atom stereocenters. The molecule has 144 valence electrons. The first-order valence-electron chi connectivity index (χ1n) is 8.71. The minimum Gasteiger partial charge on any atom is -0.336 e. The number of hydrogen-bond donors (Lipinski definition) is 0. The van der Waals surface area contributed by atoms with Crippen molar-refractivity contribution in [3.63, 3.8) is 0 Å². The van der Waals surface area contributed by atoms with Gasteiger partial charge >= 0.3 is 0 Å². The number of benzene rings is 2. The van der Waals surface area contributed by atoms with E-state index in [0.29, 0.717) is 29.2 Å². The molecule has 0 N–H and O–H groups in total. The zero-order valence-corrected chi connectivity index (χ0v) is 16.4. The smallest absolute Gasteiger partial charge is 0.254 e. The molecule has 1 fully saturated rings. The van der Waals surface area contributed by atoms with Crippen molar-refractivity contribution >= 4 is 38.6 Å². The van der Waals surface area contributed by atoms with Crippen molar-refractivity contribution in [1.29, 1.82) is 0 Å². The summed E-state index contributed by atoms with van der Waals surface area (Å²) in [7, 11) is -3.63. The molecule has 0 aliphatic carbocycles. The van der Waals surface area contributed by atoms with Crippen molar-refractivity contribution in [3.05, 3.63) is 65.4 Å². The van der Waals surface area contributed by atoms with E-state index in [-0.39, 0.29) is 23.9 Å². The summed E-state index contributed by atoms with van der Waals surface area (Å²) in [6.45, 7) is 1.09. The van der Waals surface area contributed by atoms with Crippen LogP contribution in [0.3, 0.4) is 0 Å². The molecule has 9 heteroatoms. The first-order chi connectivity index (χ1) is 13.4. The molecule has 0 radical (unpaired) electrons. The third-order valence-corrected chi connectivity index (χ3v) is 6.81. The molecule has 2 heterocycles. The maximum absolute atomic E-state index is 12.8. The van der Waals surface area contributed by atoms with Crippen LogP contribution in [0.4, 0.5) is 0 Å². The largest absolute Gasteiger partial charge is 0.336 e. The van der Waals surface area contributed by atoms with Crippen molar-refractivity contribution in [2.75, 3.05) is 26.2 Å². The molecular formula is C19H17ClN4O3S. The molecule has 28 heavy (non-hydrogen) atoms. The van der Waals surface area contributed by atoms with Gasteiger partial charge in [-0.3, -0.25) is 14.8 Å². The average Bonchev–Trinajstić information content (AvgIpc) is 2.73. The average molecular weight is 417 g/mol. The van der Waals surface area contributed by atoms with Crippen LogP contribution >= 0.6 is 11.6 Å². The highest BCUT2D eigenvalue weighted by Crippen LogP contribution is 2.21. The Kier molecular flexibility index (Phi) is 5.01. The number of carbonyl (C=O) groups is 1. The normalized spacial score (nSPS) is 15.7. The van der Waals surface area contributed by atoms with Gasteiger partial charge in [0.1, 0.15) is 0 Å². The number of aromatic nitrogens is 2. The zero-order chi connectivity index (χ0) is 19.7. The van der Waals surface area contributed by atoms with Crippen molar-refractivity contribution in [2.45, 2.75) is 4.90 Å². The van der Waals surface area contributed by atoms with E-state index in [4.69, 9.17) is 11.6 Å². The number of carbonyl (C=O) groups excluding carboxylic acids is 1. The van der Waals surface area contributed by atoms with Gasteiger partial charge in [-0.05, 0) is 36.4 Å². The van der Waals surface area contributed by atoms with Crippen LogP contribution in [0.25, 0.3) is 11.0 Å². The van der Waals surface area contributed by atoms with Gasteiger partial charge in [0.2, 0.25) is 10.0 Å². The summed E-state index contributed by atoms with van der Waals surface area (Å²) >= 11 is 5.92. The number of rotatable bonds is 3. The lowest BCUT2D eigenvalue weighted by molar-refractivity contribution is 0.0698. The molecule has 0 unspecified atom stereocenters. The predicted molar refractivity (Wildman–Crippen MR) is 106 cm³/mol. The summed E-state index contributed by atoms with van der Waals surface area (Å²) in [4.78, 5) is 23.0. The van der Waals surface area contributed by atoms with Crippen LogP contribution in [0.15, 0.2) is 59.8 Å². The second-order valence-corrected chi connectivity index (χ2v) is 8.79. The highest BCUT2D eigenvalue weighted by Gasteiger charge is 2.30. The van der Waals surface area contributed by atoms with E-state index >= 15 is 0 Å². The van der Waals surface area contributed by atoms with Gasteiger partial charge < -0.3 is 4.90 Å². The first-order valence-corrected chi connectivity index (χ1v) is 10.5. The van der Waals surface area contributed by atoms with Gasteiger partial charge in [0.15, 0.2) is 0 Å². The Balaban J connectivity index is 1.48. The summed E-state index contributed by atoms with van der Waals surface area (Å²) in [5.74, 6) is -0.146. The van der Waals surface area contributed by atoms with Crippen molar-refractivity contribution < 1.29 is 13.2 Å². The van der Waals surface area contributed by atoms with Crippen LogP contribution in [0, 0.1) is 0 Å². The van der Waals surface area contributed by atoms with Gasteiger partial charge in [-0.15, -0.1) is 0 Å². The number of nitrogens with zero attached hydrogens (tertiary/aromatic N) is 4. The molecule has 2 aromatic carbocycles. The molecule has 0 spiro atoms. The minimum absolute atomic E-state index is 0.146.